The van der Waals surface area contributed by atoms with Crippen molar-refractivity contribution in [2.75, 3.05) is 11.9 Å². The molecule has 110 valence electrons. The van der Waals surface area contributed by atoms with Crippen LogP contribution in [0.5, 0.6) is 0 Å². The van der Waals surface area contributed by atoms with E-state index in [2.05, 4.69) is 19.2 Å². The Morgan fingerprint density at radius 3 is 2.75 bits per heavy atom. The van der Waals surface area contributed by atoms with Crippen molar-refractivity contribution in [1.82, 2.24) is 0 Å². The van der Waals surface area contributed by atoms with Crippen LogP contribution in [0.3, 0.4) is 0 Å². The fraction of sp³-hybridized carbons (Fsp3) is 0.533. The largest absolute Gasteiger partial charge is 0.389 e. The molecular formula is C15H21FN2OS. The lowest BCUT2D eigenvalue weighted by atomic mass is 9.64. The monoisotopic (exact) mass is 296 g/mol. The zero-order chi connectivity index (χ0) is 14.9. The molecule has 0 aliphatic heterocycles. The van der Waals surface area contributed by atoms with Gasteiger partial charge in [0.2, 0.25) is 0 Å². The van der Waals surface area contributed by atoms with Crippen molar-refractivity contribution in [2.24, 2.45) is 11.1 Å². The number of anilines is 1. The Balaban J connectivity index is 2.07. The summed E-state index contributed by atoms with van der Waals surface area (Å²) in [6.07, 6.45) is 1.11. The fourth-order valence-corrected chi connectivity index (χ4v) is 2.71. The quantitative estimate of drug-likeness (QED) is 0.820. The molecule has 3 nitrogen and oxygen atoms in total. The standard InChI is InChI=1S/C15H21FN2OS/c1-4-19-13-8-12(15(13,2)3)18-11-6-5-9(14(17)20)7-10(11)16/h5-7,12-13,18H,4,8H2,1-3H3,(H2,17,20). The number of nitrogens with one attached hydrogen (secondary N) is 1. The molecule has 5 heteroatoms. The summed E-state index contributed by atoms with van der Waals surface area (Å²) >= 11 is 4.84. The predicted octanol–water partition coefficient (Wildman–Crippen LogP) is 3.08. The summed E-state index contributed by atoms with van der Waals surface area (Å²) in [6, 6.07) is 4.99. The van der Waals surface area contributed by atoms with Gasteiger partial charge in [-0.1, -0.05) is 26.1 Å². The van der Waals surface area contributed by atoms with E-state index in [-0.39, 0.29) is 28.4 Å². The molecule has 2 unspecified atom stereocenters. The number of ether oxygens (including phenoxy) is 1. The van der Waals surface area contributed by atoms with E-state index < -0.39 is 0 Å². The van der Waals surface area contributed by atoms with Gasteiger partial charge in [0.05, 0.1) is 11.8 Å². The molecule has 0 bridgehead atoms. The summed E-state index contributed by atoms with van der Waals surface area (Å²) < 4.78 is 19.7. The number of hydrogen-bond donors (Lipinski definition) is 2. The van der Waals surface area contributed by atoms with Gasteiger partial charge >= 0.3 is 0 Å². The third-order valence-electron chi connectivity index (χ3n) is 4.13. The van der Waals surface area contributed by atoms with Gasteiger partial charge in [-0.3, -0.25) is 0 Å². The van der Waals surface area contributed by atoms with Gasteiger partial charge in [-0.2, -0.15) is 0 Å². The second kappa shape index (κ2) is 5.66. The number of nitrogens with two attached hydrogens (primary N) is 1. The van der Waals surface area contributed by atoms with Crippen molar-refractivity contribution < 1.29 is 9.13 Å². The molecule has 0 aromatic heterocycles. The number of thiocarbonyl (C=S) groups is 1. The summed E-state index contributed by atoms with van der Waals surface area (Å²) in [7, 11) is 0. The molecule has 0 amide bonds. The molecule has 1 aliphatic rings. The van der Waals surface area contributed by atoms with Crippen LogP contribution in [0.2, 0.25) is 0 Å². The third kappa shape index (κ3) is 2.79. The highest BCUT2D eigenvalue weighted by atomic mass is 32.1. The van der Waals surface area contributed by atoms with E-state index in [1.165, 1.54) is 6.07 Å². The zero-order valence-corrected chi connectivity index (χ0v) is 12.9. The highest BCUT2D eigenvalue weighted by molar-refractivity contribution is 7.80. The van der Waals surface area contributed by atoms with Crippen LogP contribution in [0, 0.1) is 11.2 Å². The van der Waals surface area contributed by atoms with E-state index in [9.17, 15) is 4.39 Å². The summed E-state index contributed by atoms with van der Waals surface area (Å²) in [5.74, 6) is -0.328. The van der Waals surface area contributed by atoms with Gasteiger partial charge in [0.15, 0.2) is 0 Å². The molecule has 0 saturated heterocycles. The molecule has 1 aromatic rings. The highest BCUT2D eigenvalue weighted by Crippen LogP contribution is 2.44. The second-order valence-corrected chi connectivity index (χ2v) is 6.20. The Labute approximate surface area is 124 Å². The Hall–Kier alpha value is -1.20. The smallest absolute Gasteiger partial charge is 0.146 e. The maximum atomic E-state index is 14.0. The Morgan fingerprint density at radius 2 is 2.25 bits per heavy atom. The van der Waals surface area contributed by atoms with Gasteiger partial charge in [-0.05, 0) is 31.5 Å². The first-order valence-corrected chi connectivity index (χ1v) is 7.24. The highest BCUT2D eigenvalue weighted by Gasteiger charge is 2.49. The Morgan fingerprint density at radius 1 is 1.55 bits per heavy atom. The Kier molecular flexibility index (Phi) is 4.30. The first-order chi connectivity index (χ1) is 9.36. The van der Waals surface area contributed by atoms with Crippen molar-refractivity contribution in [3.8, 4) is 0 Å². The maximum absolute atomic E-state index is 14.0. The van der Waals surface area contributed by atoms with E-state index in [0.29, 0.717) is 17.9 Å². The lowest BCUT2D eigenvalue weighted by Gasteiger charge is -2.52. The molecule has 0 spiro atoms. The van der Waals surface area contributed by atoms with Crippen LogP contribution in [-0.4, -0.2) is 23.7 Å². The second-order valence-electron chi connectivity index (χ2n) is 5.76. The van der Waals surface area contributed by atoms with Crippen LogP contribution in [0.25, 0.3) is 0 Å². The Bertz CT molecular complexity index is 519. The minimum Gasteiger partial charge on any atom is -0.389 e. The van der Waals surface area contributed by atoms with E-state index in [1.54, 1.807) is 12.1 Å². The minimum absolute atomic E-state index is 0.00963. The van der Waals surface area contributed by atoms with Crippen molar-refractivity contribution in [3.05, 3.63) is 29.6 Å². The molecular weight excluding hydrogens is 275 g/mol. The predicted molar refractivity (Wildman–Crippen MR) is 83.5 cm³/mol. The van der Waals surface area contributed by atoms with Crippen molar-refractivity contribution in [3.63, 3.8) is 0 Å². The topological polar surface area (TPSA) is 47.3 Å². The molecule has 20 heavy (non-hydrogen) atoms. The number of benzene rings is 1. The minimum atomic E-state index is -0.328. The molecule has 1 saturated carbocycles. The van der Waals surface area contributed by atoms with Crippen molar-refractivity contribution >= 4 is 22.9 Å². The van der Waals surface area contributed by atoms with Gasteiger partial charge in [0.1, 0.15) is 10.8 Å². The molecule has 1 aliphatic carbocycles. The van der Waals surface area contributed by atoms with Gasteiger partial charge in [-0.15, -0.1) is 0 Å². The number of rotatable bonds is 5. The van der Waals surface area contributed by atoms with E-state index in [1.807, 2.05) is 6.92 Å². The van der Waals surface area contributed by atoms with Crippen LogP contribution in [0.1, 0.15) is 32.8 Å². The summed E-state index contributed by atoms with van der Waals surface area (Å²) in [5, 5.41) is 3.25. The van der Waals surface area contributed by atoms with Gasteiger partial charge in [0.25, 0.3) is 0 Å². The van der Waals surface area contributed by atoms with E-state index in [4.69, 9.17) is 22.7 Å². The molecule has 1 fully saturated rings. The average Bonchev–Trinajstić information content (AvgIpc) is 2.39. The van der Waals surface area contributed by atoms with Gasteiger partial charge in [0, 0.05) is 23.6 Å². The zero-order valence-electron chi connectivity index (χ0n) is 12.1. The molecule has 2 rings (SSSR count). The fourth-order valence-electron chi connectivity index (χ4n) is 2.59. The van der Waals surface area contributed by atoms with Crippen molar-refractivity contribution in [2.45, 2.75) is 39.3 Å². The van der Waals surface area contributed by atoms with E-state index >= 15 is 0 Å². The van der Waals surface area contributed by atoms with Crippen LogP contribution in [0.4, 0.5) is 10.1 Å². The molecule has 3 N–H and O–H groups in total. The van der Waals surface area contributed by atoms with Crippen LogP contribution >= 0.6 is 12.2 Å². The van der Waals surface area contributed by atoms with E-state index in [0.717, 1.165) is 6.42 Å². The maximum Gasteiger partial charge on any atom is 0.146 e. The molecule has 1 aromatic carbocycles. The first-order valence-electron chi connectivity index (χ1n) is 6.83. The van der Waals surface area contributed by atoms with Crippen LogP contribution in [-0.2, 0) is 4.74 Å². The average molecular weight is 296 g/mol. The summed E-state index contributed by atoms with van der Waals surface area (Å²) in [4.78, 5) is 0.204. The van der Waals surface area contributed by atoms with Crippen molar-refractivity contribution in [1.29, 1.82) is 0 Å². The number of hydrogen-bond acceptors (Lipinski definition) is 3. The lowest BCUT2D eigenvalue weighted by Crippen LogP contribution is -2.58. The SMILES string of the molecule is CCOC1CC(Nc2ccc(C(N)=S)cc2F)C1(C)C. The first kappa shape index (κ1) is 15.2. The van der Waals surface area contributed by atoms with Gasteiger partial charge < -0.3 is 15.8 Å². The molecule has 0 heterocycles. The number of halogens is 1. The normalized spacial score (nSPS) is 24.0. The van der Waals surface area contributed by atoms with Crippen LogP contribution in [0.15, 0.2) is 18.2 Å². The molecule has 2 atom stereocenters. The molecule has 0 radical (unpaired) electrons. The third-order valence-corrected chi connectivity index (χ3v) is 4.36. The summed E-state index contributed by atoms with van der Waals surface area (Å²) in [5.41, 5.74) is 6.51. The lowest BCUT2D eigenvalue weighted by molar-refractivity contribution is -0.0976. The van der Waals surface area contributed by atoms with Crippen LogP contribution < -0.4 is 11.1 Å². The van der Waals surface area contributed by atoms with Gasteiger partial charge in [-0.25, -0.2) is 4.39 Å². The summed E-state index contributed by atoms with van der Waals surface area (Å²) in [6.45, 7) is 6.97.